The van der Waals surface area contributed by atoms with Gasteiger partial charge in [-0.1, -0.05) is 12.1 Å². The number of thioether (sulfide) groups is 1. The van der Waals surface area contributed by atoms with Crippen molar-refractivity contribution < 1.29 is 19.2 Å². The molecule has 1 saturated heterocycles. The van der Waals surface area contributed by atoms with E-state index in [0.717, 1.165) is 10.5 Å². The maximum absolute atomic E-state index is 11.3. The molecule has 1 unspecified atom stereocenters. The normalized spacial score (nSPS) is 20.9. The van der Waals surface area contributed by atoms with E-state index in [0.29, 0.717) is 0 Å². The molecule has 0 amide bonds. The van der Waals surface area contributed by atoms with Crippen molar-refractivity contribution in [2.45, 2.75) is 56.0 Å². The van der Waals surface area contributed by atoms with E-state index in [1.54, 1.807) is 11.8 Å². The lowest BCUT2D eigenvalue weighted by Gasteiger charge is -2.32. The van der Waals surface area contributed by atoms with E-state index in [1.165, 1.54) is 0 Å². The molecule has 0 aromatic heterocycles. The first-order valence-corrected chi connectivity index (χ1v) is 8.60. The van der Waals surface area contributed by atoms with Gasteiger partial charge in [0.2, 0.25) is 0 Å². The molecule has 1 atom stereocenters. The second kappa shape index (κ2) is 6.26. The fraction of sp³-hybridized carbons (Fsp3) is 0.562. The first-order chi connectivity index (χ1) is 10.2. The van der Waals surface area contributed by atoms with Gasteiger partial charge in [-0.2, -0.15) is 0 Å². The first kappa shape index (κ1) is 17.4. The second-order valence-corrected chi connectivity index (χ2v) is 7.48. The molecule has 120 valence electrons. The van der Waals surface area contributed by atoms with Crippen molar-refractivity contribution >= 4 is 24.8 Å². The van der Waals surface area contributed by atoms with Crippen LogP contribution in [0.4, 0.5) is 0 Å². The largest absolute Gasteiger partial charge is 0.481 e. The molecule has 0 radical (unpaired) electrons. The van der Waals surface area contributed by atoms with Gasteiger partial charge >= 0.3 is 13.1 Å². The number of rotatable bonds is 5. The molecular weight excluding hydrogens is 299 g/mol. The van der Waals surface area contributed by atoms with Gasteiger partial charge in [-0.25, -0.2) is 0 Å². The highest BCUT2D eigenvalue weighted by molar-refractivity contribution is 7.98. The lowest BCUT2D eigenvalue weighted by molar-refractivity contribution is -0.137. The van der Waals surface area contributed by atoms with E-state index in [2.05, 4.69) is 0 Å². The van der Waals surface area contributed by atoms with Crippen LogP contribution in [0.5, 0.6) is 0 Å². The minimum atomic E-state index is -0.853. The molecule has 0 bridgehead atoms. The van der Waals surface area contributed by atoms with Gasteiger partial charge in [-0.05, 0) is 51.6 Å². The summed E-state index contributed by atoms with van der Waals surface area (Å²) in [4.78, 5) is 12.4. The van der Waals surface area contributed by atoms with Crippen molar-refractivity contribution in [3.63, 3.8) is 0 Å². The third-order valence-corrected chi connectivity index (χ3v) is 5.28. The van der Waals surface area contributed by atoms with Gasteiger partial charge in [-0.3, -0.25) is 4.79 Å². The predicted octanol–water partition coefficient (Wildman–Crippen LogP) is 3.60. The summed E-state index contributed by atoms with van der Waals surface area (Å²) < 4.78 is 12.1. The van der Waals surface area contributed by atoms with Gasteiger partial charge in [0.05, 0.1) is 17.6 Å². The molecule has 6 heteroatoms. The fourth-order valence-corrected chi connectivity index (χ4v) is 2.87. The summed E-state index contributed by atoms with van der Waals surface area (Å²) >= 11 is 1.66. The maximum atomic E-state index is 11.3. The van der Waals surface area contributed by atoms with E-state index in [-0.39, 0.29) is 12.2 Å². The van der Waals surface area contributed by atoms with Crippen LogP contribution < -0.4 is 0 Å². The number of hydrogen-bond donors (Lipinski definition) is 1. The zero-order chi connectivity index (χ0) is 16.5. The standard InChI is InChI=1S/C16H23BO4S/c1-15(2)16(3,4)21-17(20-15)13(10-14(18)19)11-6-8-12(22-5)9-7-11/h6-9,13H,10H2,1-5H3,(H,18,19). The highest BCUT2D eigenvalue weighted by Gasteiger charge is 2.54. The third-order valence-electron chi connectivity index (χ3n) is 4.54. The summed E-state index contributed by atoms with van der Waals surface area (Å²) in [5.74, 6) is -1.18. The highest BCUT2D eigenvalue weighted by atomic mass is 32.2. The minimum absolute atomic E-state index is 0.0184. The summed E-state index contributed by atoms with van der Waals surface area (Å²) in [5.41, 5.74) is 0.0000485. The van der Waals surface area contributed by atoms with E-state index < -0.39 is 24.3 Å². The van der Waals surface area contributed by atoms with Crippen molar-refractivity contribution in [3.05, 3.63) is 29.8 Å². The summed E-state index contributed by atoms with van der Waals surface area (Å²) in [7, 11) is -0.554. The van der Waals surface area contributed by atoms with Crippen LogP contribution >= 0.6 is 11.8 Å². The average molecular weight is 322 g/mol. The van der Waals surface area contributed by atoms with E-state index in [9.17, 15) is 9.90 Å². The Labute approximate surface area is 136 Å². The third kappa shape index (κ3) is 3.50. The van der Waals surface area contributed by atoms with Crippen molar-refractivity contribution in [2.24, 2.45) is 0 Å². The quantitative estimate of drug-likeness (QED) is 0.663. The lowest BCUT2D eigenvalue weighted by Crippen LogP contribution is -2.41. The first-order valence-electron chi connectivity index (χ1n) is 7.37. The second-order valence-electron chi connectivity index (χ2n) is 6.60. The van der Waals surface area contributed by atoms with Crippen LogP contribution in [-0.2, 0) is 14.1 Å². The number of hydrogen-bond acceptors (Lipinski definition) is 4. The molecule has 4 nitrogen and oxygen atoms in total. The summed E-state index contributed by atoms with van der Waals surface area (Å²) in [6.45, 7) is 7.90. The van der Waals surface area contributed by atoms with Gasteiger partial charge in [-0.15, -0.1) is 11.8 Å². The van der Waals surface area contributed by atoms with Gasteiger partial charge in [0.25, 0.3) is 0 Å². The molecule has 0 aliphatic carbocycles. The van der Waals surface area contributed by atoms with Gasteiger partial charge in [0.1, 0.15) is 0 Å². The Hall–Kier alpha value is -0.975. The number of carbonyl (C=O) groups is 1. The Balaban J connectivity index is 2.29. The molecule has 1 aromatic rings. The smallest absolute Gasteiger partial charge is 0.466 e. The molecule has 1 aromatic carbocycles. The summed E-state index contributed by atoms with van der Waals surface area (Å²) in [5, 5.41) is 9.25. The lowest BCUT2D eigenvalue weighted by atomic mass is 9.66. The van der Waals surface area contributed by atoms with E-state index in [1.807, 2.05) is 58.2 Å². The Morgan fingerprint density at radius 2 is 1.68 bits per heavy atom. The Bertz CT molecular complexity index is 526. The molecule has 2 rings (SSSR count). The zero-order valence-corrected chi connectivity index (χ0v) is 14.6. The topological polar surface area (TPSA) is 55.8 Å². The van der Waals surface area contributed by atoms with E-state index >= 15 is 0 Å². The molecule has 1 aliphatic rings. The van der Waals surface area contributed by atoms with Gasteiger partial charge in [0, 0.05) is 10.7 Å². The molecule has 1 N–H and O–H groups in total. The maximum Gasteiger partial charge on any atom is 0.466 e. The van der Waals surface area contributed by atoms with Crippen LogP contribution in [0.25, 0.3) is 0 Å². The molecule has 22 heavy (non-hydrogen) atoms. The Kier molecular flexibility index (Phi) is 4.95. The van der Waals surface area contributed by atoms with Crippen LogP contribution in [0.15, 0.2) is 29.2 Å². The number of benzene rings is 1. The SMILES string of the molecule is CSc1ccc(C(CC(=O)O)B2OC(C)(C)C(C)(C)O2)cc1. The van der Waals surface area contributed by atoms with Gasteiger partial charge in [0.15, 0.2) is 0 Å². The number of carboxylic acid groups (broad SMARTS) is 1. The van der Waals surface area contributed by atoms with Crippen LogP contribution in [0.2, 0.25) is 0 Å². The number of carboxylic acids is 1. The van der Waals surface area contributed by atoms with Crippen molar-refractivity contribution in [3.8, 4) is 0 Å². The highest BCUT2D eigenvalue weighted by Crippen LogP contribution is 2.41. The number of aliphatic carboxylic acids is 1. The monoisotopic (exact) mass is 322 g/mol. The molecule has 1 heterocycles. The fourth-order valence-electron chi connectivity index (χ4n) is 2.46. The van der Waals surface area contributed by atoms with Crippen LogP contribution in [-0.4, -0.2) is 35.7 Å². The summed E-state index contributed by atoms with van der Waals surface area (Å²) in [6.07, 6.45) is 1.99. The molecule has 1 aliphatic heterocycles. The van der Waals surface area contributed by atoms with Crippen molar-refractivity contribution in [1.82, 2.24) is 0 Å². The zero-order valence-electron chi connectivity index (χ0n) is 13.8. The van der Waals surface area contributed by atoms with Crippen molar-refractivity contribution in [1.29, 1.82) is 0 Å². The Morgan fingerprint density at radius 3 is 2.09 bits per heavy atom. The minimum Gasteiger partial charge on any atom is -0.481 e. The molecule has 0 spiro atoms. The molecule has 1 fully saturated rings. The molecular formula is C16H23BO4S. The predicted molar refractivity (Wildman–Crippen MR) is 89.3 cm³/mol. The van der Waals surface area contributed by atoms with Crippen LogP contribution in [0.3, 0.4) is 0 Å². The molecule has 0 saturated carbocycles. The van der Waals surface area contributed by atoms with Crippen molar-refractivity contribution in [2.75, 3.05) is 6.26 Å². The van der Waals surface area contributed by atoms with Crippen LogP contribution in [0, 0.1) is 0 Å². The van der Waals surface area contributed by atoms with Crippen LogP contribution in [0.1, 0.15) is 45.5 Å². The van der Waals surface area contributed by atoms with E-state index in [4.69, 9.17) is 9.31 Å². The summed E-state index contributed by atoms with van der Waals surface area (Å²) in [6, 6.07) is 7.93. The Morgan fingerprint density at radius 1 is 1.18 bits per heavy atom. The van der Waals surface area contributed by atoms with Gasteiger partial charge < -0.3 is 14.4 Å². The average Bonchev–Trinajstić information content (AvgIpc) is 2.64.